The number of likely N-dealkylation sites (N-methyl/N-ethyl adjacent to an activating group) is 1. The number of rotatable bonds is 15. The molecule has 0 aliphatic heterocycles. The maximum Gasteiger partial charge on any atom is 0.256 e. The molecule has 160 valence electrons. The predicted molar refractivity (Wildman–Crippen MR) is 117 cm³/mol. The Morgan fingerprint density at radius 1 is 1.00 bits per heavy atom. The maximum absolute atomic E-state index is 12.9. The highest BCUT2D eigenvalue weighted by Crippen LogP contribution is 2.23. The molecule has 0 aliphatic rings. The molecule has 28 heavy (non-hydrogen) atoms. The standard InChI is InChI=1S/C23H40N2O3/c1-6-10-11-16-23(5,28-18-7-2)22(26)24-20-12-14-21(15-13-20)27-19-17-25(8-3)9-4/h12-15H,6-11,16-19H2,1-5H3,(H,24,26)/t23-/m0/s1. The molecule has 0 radical (unpaired) electrons. The summed E-state index contributed by atoms with van der Waals surface area (Å²) in [6.45, 7) is 14.7. The molecule has 0 aliphatic carbocycles. The van der Waals surface area contributed by atoms with Gasteiger partial charge < -0.3 is 19.7 Å². The monoisotopic (exact) mass is 392 g/mol. The van der Waals surface area contributed by atoms with Crippen molar-refractivity contribution in [2.24, 2.45) is 0 Å². The first-order valence-electron chi connectivity index (χ1n) is 10.9. The minimum atomic E-state index is -0.788. The van der Waals surface area contributed by atoms with E-state index in [9.17, 15) is 4.79 Å². The molecule has 0 unspecified atom stereocenters. The number of carbonyl (C=O) groups is 1. The van der Waals surface area contributed by atoms with Crippen molar-refractivity contribution in [1.29, 1.82) is 0 Å². The Balaban J connectivity index is 2.60. The number of unbranched alkanes of at least 4 members (excludes halogenated alkanes) is 2. The zero-order valence-corrected chi connectivity index (χ0v) is 18.6. The van der Waals surface area contributed by atoms with Crippen LogP contribution < -0.4 is 10.1 Å². The molecule has 0 fully saturated rings. The second kappa shape index (κ2) is 13.6. The fourth-order valence-corrected chi connectivity index (χ4v) is 3.02. The van der Waals surface area contributed by atoms with Gasteiger partial charge in [-0.15, -0.1) is 0 Å². The summed E-state index contributed by atoms with van der Waals surface area (Å²) in [6.07, 6.45) is 4.86. The molecule has 0 aromatic heterocycles. The first kappa shape index (κ1) is 24.4. The highest BCUT2D eigenvalue weighted by Gasteiger charge is 2.33. The van der Waals surface area contributed by atoms with E-state index in [1.54, 1.807) is 0 Å². The smallest absolute Gasteiger partial charge is 0.256 e. The highest BCUT2D eigenvalue weighted by molar-refractivity contribution is 5.97. The van der Waals surface area contributed by atoms with Crippen molar-refractivity contribution in [3.8, 4) is 5.75 Å². The molecule has 0 bridgehead atoms. The van der Waals surface area contributed by atoms with Crippen molar-refractivity contribution in [2.75, 3.05) is 38.2 Å². The second-order valence-electron chi connectivity index (χ2n) is 7.39. The number of hydrogen-bond acceptors (Lipinski definition) is 4. The van der Waals surface area contributed by atoms with E-state index < -0.39 is 5.60 Å². The van der Waals surface area contributed by atoms with Crippen LogP contribution in [0.5, 0.6) is 5.75 Å². The van der Waals surface area contributed by atoms with Gasteiger partial charge in [-0.25, -0.2) is 0 Å². The van der Waals surface area contributed by atoms with Crippen molar-refractivity contribution in [3.05, 3.63) is 24.3 Å². The first-order valence-corrected chi connectivity index (χ1v) is 10.9. The summed E-state index contributed by atoms with van der Waals surface area (Å²) in [4.78, 5) is 15.2. The molecule has 1 amide bonds. The fourth-order valence-electron chi connectivity index (χ4n) is 3.02. The summed E-state index contributed by atoms with van der Waals surface area (Å²) in [5.74, 6) is 0.741. The van der Waals surface area contributed by atoms with Gasteiger partial charge in [-0.05, 0) is 57.1 Å². The number of carbonyl (C=O) groups excluding carboxylic acids is 1. The Morgan fingerprint density at radius 2 is 1.68 bits per heavy atom. The number of anilines is 1. The Labute approximate surface area is 171 Å². The zero-order chi connectivity index (χ0) is 20.8. The number of benzene rings is 1. The van der Waals surface area contributed by atoms with Crippen molar-refractivity contribution < 1.29 is 14.3 Å². The molecule has 0 saturated heterocycles. The lowest BCUT2D eigenvalue weighted by atomic mass is 9.96. The molecule has 0 spiro atoms. The SMILES string of the molecule is CCCCC[C@](C)(OCCC)C(=O)Nc1ccc(OCCN(CC)CC)cc1. The van der Waals surface area contributed by atoms with Crippen LogP contribution in [-0.4, -0.2) is 49.3 Å². The number of hydrogen-bond donors (Lipinski definition) is 1. The van der Waals surface area contributed by atoms with E-state index in [1.165, 1.54) is 0 Å². The summed E-state index contributed by atoms with van der Waals surface area (Å²) in [7, 11) is 0. The normalized spacial score (nSPS) is 13.4. The van der Waals surface area contributed by atoms with Gasteiger partial charge in [0.2, 0.25) is 0 Å². The topological polar surface area (TPSA) is 50.8 Å². The number of nitrogens with one attached hydrogen (secondary N) is 1. The van der Waals surface area contributed by atoms with Crippen LogP contribution in [0.15, 0.2) is 24.3 Å². The third kappa shape index (κ3) is 8.61. The van der Waals surface area contributed by atoms with Crippen LogP contribution in [0.2, 0.25) is 0 Å². The summed E-state index contributed by atoms with van der Waals surface area (Å²) in [6, 6.07) is 7.58. The number of nitrogens with zero attached hydrogens (tertiary/aromatic N) is 1. The minimum Gasteiger partial charge on any atom is -0.492 e. The van der Waals surface area contributed by atoms with Crippen LogP contribution >= 0.6 is 0 Å². The van der Waals surface area contributed by atoms with Crippen LogP contribution in [0.3, 0.4) is 0 Å². The van der Waals surface area contributed by atoms with E-state index >= 15 is 0 Å². The molecule has 5 nitrogen and oxygen atoms in total. The molecule has 1 atom stereocenters. The van der Waals surface area contributed by atoms with Crippen LogP contribution in [-0.2, 0) is 9.53 Å². The summed E-state index contributed by atoms with van der Waals surface area (Å²) in [5.41, 5.74) is -0.0210. The molecule has 0 saturated carbocycles. The molecule has 5 heteroatoms. The Kier molecular flexibility index (Phi) is 11.8. The van der Waals surface area contributed by atoms with Crippen molar-refractivity contribution in [2.45, 2.75) is 72.3 Å². The van der Waals surface area contributed by atoms with Gasteiger partial charge in [0.05, 0.1) is 0 Å². The van der Waals surface area contributed by atoms with Gasteiger partial charge in [-0.3, -0.25) is 4.79 Å². The second-order valence-corrected chi connectivity index (χ2v) is 7.39. The van der Waals surface area contributed by atoms with Gasteiger partial charge in [0.25, 0.3) is 5.91 Å². The molecular weight excluding hydrogens is 352 g/mol. The van der Waals surface area contributed by atoms with Crippen molar-refractivity contribution in [3.63, 3.8) is 0 Å². The number of ether oxygens (including phenoxy) is 2. The van der Waals surface area contributed by atoms with Crippen LogP contribution in [0.4, 0.5) is 5.69 Å². The van der Waals surface area contributed by atoms with Gasteiger partial charge in [0, 0.05) is 18.8 Å². The molecule has 1 aromatic rings. The lowest BCUT2D eigenvalue weighted by Crippen LogP contribution is -2.43. The molecule has 1 rings (SSSR count). The molecule has 1 aromatic carbocycles. The van der Waals surface area contributed by atoms with Gasteiger partial charge in [-0.1, -0.05) is 47.0 Å². The molecule has 0 heterocycles. The van der Waals surface area contributed by atoms with E-state index in [0.717, 1.165) is 63.2 Å². The predicted octanol–water partition coefficient (Wildman–Crippen LogP) is 5.11. The highest BCUT2D eigenvalue weighted by atomic mass is 16.5. The van der Waals surface area contributed by atoms with E-state index in [-0.39, 0.29) is 5.91 Å². The van der Waals surface area contributed by atoms with Gasteiger partial charge in [-0.2, -0.15) is 0 Å². The molecule has 1 N–H and O–H groups in total. The van der Waals surface area contributed by atoms with Gasteiger partial charge in [0.1, 0.15) is 18.0 Å². The quantitative estimate of drug-likeness (QED) is 0.421. The summed E-state index contributed by atoms with van der Waals surface area (Å²) >= 11 is 0. The van der Waals surface area contributed by atoms with E-state index in [1.807, 2.05) is 31.2 Å². The summed E-state index contributed by atoms with van der Waals surface area (Å²) in [5, 5.41) is 3.01. The third-order valence-corrected chi connectivity index (χ3v) is 5.05. The van der Waals surface area contributed by atoms with Crippen LogP contribution in [0, 0.1) is 0 Å². The van der Waals surface area contributed by atoms with E-state index in [4.69, 9.17) is 9.47 Å². The average molecular weight is 393 g/mol. The Hall–Kier alpha value is -1.59. The van der Waals surface area contributed by atoms with Crippen LogP contribution in [0.25, 0.3) is 0 Å². The lowest BCUT2D eigenvalue weighted by Gasteiger charge is -2.28. The third-order valence-electron chi connectivity index (χ3n) is 5.05. The van der Waals surface area contributed by atoms with E-state index in [0.29, 0.717) is 13.2 Å². The van der Waals surface area contributed by atoms with Gasteiger partial charge in [0.15, 0.2) is 0 Å². The van der Waals surface area contributed by atoms with Crippen molar-refractivity contribution >= 4 is 11.6 Å². The van der Waals surface area contributed by atoms with E-state index in [2.05, 4.69) is 37.9 Å². The largest absolute Gasteiger partial charge is 0.492 e. The first-order chi connectivity index (χ1) is 13.5. The lowest BCUT2D eigenvalue weighted by molar-refractivity contribution is -0.140. The molecular formula is C23H40N2O3. The summed E-state index contributed by atoms with van der Waals surface area (Å²) < 4.78 is 11.7. The number of amides is 1. The van der Waals surface area contributed by atoms with Crippen LogP contribution in [0.1, 0.15) is 66.7 Å². The fraction of sp³-hybridized carbons (Fsp3) is 0.696. The zero-order valence-electron chi connectivity index (χ0n) is 18.6. The Bertz CT molecular complexity index is 543. The van der Waals surface area contributed by atoms with Crippen molar-refractivity contribution in [1.82, 2.24) is 4.90 Å². The maximum atomic E-state index is 12.9. The average Bonchev–Trinajstić information content (AvgIpc) is 2.71. The Morgan fingerprint density at radius 3 is 2.25 bits per heavy atom. The van der Waals surface area contributed by atoms with Gasteiger partial charge >= 0.3 is 0 Å². The minimum absolute atomic E-state index is 0.0766.